The van der Waals surface area contributed by atoms with E-state index in [0.717, 1.165) is 18.7 Å². The Bertz CT molecular complexity index is 1230. The van der Waals surface area contributed by atoms with Gasteiger partial charge < -0.3 is 10.2 Å². The van der Waals surface area contributed by atoms with Crippen LogP contribution in [0, 0.1) is 0 Å². The fraction of sp³-hybridized carbons (Fsp3) is 0.450. The zero-order valence-corrected chi connectivity index (χ0v) is 19.1. The summed E-state index contributed by atoms with van der Waals surface area (Å²) in [7, 11) is -4.40. The van der Waals surface area contributed by atoms with Gasteiger partial charge in [0.2, 0.25) is 12.3 Å². The molecule has 0 bridgehead atoms. The van der Waals surface area contributed by atoms with Crippen molar-refractivity contribution < 1.29 is 30.4 Å². The van der Waals surface area contributed by atoms with Crippen LogP contribution in [0.15, 0.2) is 46.1 Å². The van der Waals surface area contributed by atoms with Crippen LogP contribution in [0.5, 0.6) is 0 Å². The molecule has 2 aromatic rings. The van der Waals surface area contributed by atoms with E-state index in [0.29, 0.717) is 16.0 Å². The van der Waals surface area contributed by atoms with Crippen LogP contribution in [-0.4, -0.2) is 58.1 Å². The first-order valence-corrected chi connectivity index (χ1v) is 12.3. The zero-order chi connectivity index (χ0) is 24.2. The van der Waals surface area contributed by atoms with E-state index >= 15 is 4.39 Å². The lowest BCUT2D eigenvalue weighted by molar-refractivity contribution is -0.137. The van der Waals surface area contributed by atoms with Crippen molar-refractivity contribution in [3.8, 4) is 11.5 Å². The summed E-state index contributed by atoms with van der Waals surface area (Å²) in [6.45, 7) is 2.32. The Hall–Kier alpha value is -2.41. The number of allylic oxidation sites excluding steroid dienone is 1. The van der Waals surface area contributed by atoms with Gasteiger partial charge in [0.25, 0.3) is 0 Å². The molecule has 178 valence electrons. The maximum absolute atomic E-state index is 15.1. The Morgan fingerprint density at radius 3 is 2.58 bits per heavy atom. The molecule has 0 aliphatic carbocycles. The highest BCUT2D eigenvalue weighted by Gasteiger charge is 2.58. The Morgan fingerprint density at radius 1 is 1.27 bits per heavy atom. The quantitative estimate of drug-likeness (QED) is 0.631. The molecular weight excluding hydrogens is 484 g/mol. The van der Waals surface area contributed by atoms with Gasteiger partial charge in [0.15, 0.2) is 9.84 Å². The smallest absolute Gasteiger partial charge is 0.391 e. The van der Waals surface area contributed by atoms with Gasteiger partial charge in [-0.2, -0.15) is 13.2 Å². The molecule has 0 amide bonds. The predicted molar refractivity (Wildman–Crippen MR) is 117 cm³/mol. The minimum atomic E-state index is -4.77. The molecule has 0 saturated heterocycles. The average molecular weight is 505 g/mol. The first-order valence-electron chi connectivity index (χ1n) is 9.78. The van der Waals surface area contributed by atoms with Gasteiger partial charge in [0.05, 0.1) is 23.0 Å². The van der Waals surface area contributed by atoms with Crippen molar-refractivity contribution in [3.63, 3.8) is 0 Å². The molecule has 2 aliphatic rings. The third kappa shape index (κ3) is 4.27. The summed E-state index contributed by atoms with van der Waals surface area (Å²) in [6, 6.07) is 6.93. The molecule has 33 heavy (non-hydrogen) atoms. The number of nitrogens with two attached hydrogens (primary N) is 1. The second-order valence-corrected chi connectivity index (χ2v) is 12.1. The van der Waals surface area contributed by atoms with E-state index in [1.807, 2.05) is 0 Å². The van der Waals surface area contributed by atoms with E-state index in [1.54, 1.807) is 24.3 Å². The van der Waals surface area contributed by atoms with Gasteiger partial charge >= 0.3 is 6.18 Å². The number of aliphatic imine (C=N–C) groups is 1. The van der Waals surface area contributed by atoms with Crippen molar-refractivity contribution in [3.05, 3.63) is 42.3 Å². The van der Waals surface area contributed by atoms with E-state index in [-0.39, 0.29) is 5.89 Å². The Balaban J connectivity index is 1.64. The van der Waals surface area contributed by atoms with Crippen LogP contribution in [0.2, 0.25) is 0 Å². The maximum Gasteiger partial charge on any atom is 0.391 e. The van der Waals surface area contributed by atoms with Crippen LogP contribution in [0.1, 0.15) is 25.8 Å². The fourth-order valence-electron chi connectivity index (χ4n) is 4.07. The van der Waals surface area contributed by atoms with Gasteiger partial charge in [0.1, 0.15) is 16.8 Å². The van der Waals surface area contributed by atoms with E-state index in [9.17, 15) is 21.6 Å². The molecule has 4 rings (SSSR count). The molecule has 0 fully saturated rings. The van der Waals surface area contributed by atoms with Crippen LogP contribution in [0.4, 0.5) is 17.6 Å². The van der Waals surface area contributed by atoms with Crippen molar-refractivity contribution in [1.82, 2.24) is 10.2 Å². The maximum atomic E-state index is 15.1. The number of alkyl halides is 4. The topological polar surface area (TPSA) is 111 Å². The molecular formula is C20H20F4N4O3S2. The highest BCUT2D eigenvalue weighted by molar-refractivity contribution is 8.09. The third-order valence-electron chi connectivity index (χ3n) is 5.84. The number of benzene rings is 1. The summed E-state index contributed by atoms with van der Waals surface area (Å²) in [5, 5.41) is 6.46. The number of thioether (sulfide) groups is 1. The molecule has 7 nitrogen and oxygen atoms in total. The molecule has 2 N–H and O–H groups in total. The van der Waals surface area contributed by atoms with E-state index < -0.39 is 55.7 Å². The molecule has 4 atom stereocenters. The molecule has 0 saturated carbocycles. The normalized spacial score (nSPS) is 31.8. The summed E-state index contributed by atoms with van der Waals surface area (Å²) < 4.78 is 83.1. The fourth-order valence-corrected chi connectivity index (χ4v) is 7.60. The molecule has 2 aliphatic heterocycles. The largest absolute Gasteiger partial charge is 0.423 e. The summed E-state index contributed by atoms with van der Waals surface area (Å²) in [4.78, 5) is 4.69. The lowest BCUT2D eigenvalue weighted by atomic mass is 9.95. The van der Waals surface area contributed by atoms with Gasteiger partial charge in [-0.25, -0.2) is 12.8 Å². The third-order valence-corrected chi connectivity index (χ3v) is 10.2. The van der Waals surface area contributed by atoms with Crippen molar-refractivity contribution >= 4 is 32.3 Å². The van der Waals surface area contributed by atoms with E-state index in [2.05, 4.69) is 15.2 Å². The van der Waals surface area contributed by atoms with Crippen molar-refractivity contribution in [2.24, 2.45) is 10.7 Å². The van der Waals surface area contributed by atoms with Crippen molar-refractivity contribution in [2.45, 2.75) is 48.2 Å². The first-order chi connectivity index (χ1) is 15.2. The molecule has 1 aromatic heterocycles. The molecule has 2 unspecified atom stereocenters. The minimum Gasteiger partial charge on any atom is -0.423 e. The number of aromatic nitrogens is 2. The second-order valence-electron chi connectivity index (χ2n) is 8.47. The summed E-state index contributed by atoms with van der Waals surface area (Å²) >= 11 is 1.07. The second kappa shape index (κ2) is 7.83. The summed E-state index contributed by atoms with van der Waals surface area (Å²) in [5.74, 6) is -1.14. The Labute approximate surface area is 191 Å². The van der Waals surface area contributed by atoms with Gasteiger partial charge in [-0.15, -0.1) is 22.0 Å². The highest BCUT2D eigenvalue weighted by Crippen LogP contribution is 2.49. The lowest BCUT2D eigenvalue weighted by Crippen LogP contribution is -2.61. The summed E-state index contributed by atoms with van der Waals surface area (Å²) in [6.07, 6.45) is -5.50. The standard InChI is InChI=1S/C20H20F4N4O3S2/c1-18(9-33(29,30)19(2,17(25)27-18)8-20(22,23)24)15-13(21)7-14(32-15)11-4-3-5-12(6-11)16-28-26-10-31-16/h3-7,10,13,15H,8-9H2,1-2H3,(H2,25,27)/t13?,15?,18-,19+/m0/s1. The number of amidine groups is 1. The lowest BCUT2D eigenvalue weighted by Gasteiger charge is -2.42. The average Bonchev–Trinajstić information content (AvgIpc) is 3.35. The van der Waals surface area contributed by atoms with Crippen molar-refractivity contribution in [1.29, 1.82) is 0 Å². The Kier molecular flexibility index (Phi) is 5.63. The van der Waals surface area contributed by atoms with Crippen LogP contribution in [-0.2, 0) is 9.84 Å². The number of nitrogens with zero attached hydrogens (tertiary/aromatic N) is 3. The number of rotatable bonds is 4. The van der Waals surface area contributed by atoms with Crippen LogP contribution in [0.3, 0.4) is 0 Å². The van der Waals surface area contributed by atoms with Crippen molar-refractivity contribution in [2.75, 3.05) is 5.75 Å². The Morgan fingerprint density at radius 2 is 1.97 bits per heavy atom. The van der Waals surface area contributed by atoms with Crippen LogP contribution in [0.25, 0.3) is 16.4 Å². The van der Waals surface area contributed by atoms with Gasteiger partial charge in [-0.1, -0.05) is 12.1 Å². The summed E-state index contributed by atoms with van der Waals surface area (Å²) in [5.41, 5.74) is 5.50. The molecule has 0 radical (unpaired) electrons. The number of hydrogen-bond donors (Lipinski definition) is 1. The van der Waals surface area contributed by atoms with Gasteiger partial charge in [-0.05, 0) is 37.6 Å². The first kappa shape index (κ1) is 23.7. The van der Waals surface area contributed by atoms with E-state index in [1.165, 1.54) is 19.4 Å². The van der Waals surface area contributed by atoms with Crippen LogP contribution >= 0.6 is 11.8 Å². The van der Waals surface area contributed by atoms with Gasteiger partial charge in [-0.3, -0.25) is 4.99 Å². The van der Waals surface area contributed by atoms with E-state index in [4.69, 9.17) is 10.2 Å². The SMILES string of the molecule is C[C@@]1(C2SC(c3cccc(-c4nnco4)c3)=CC2F)CS(=O)(=O)[C@](C)(CC(F)(F)F)C(N)=N1. The number of hydrogen-bond acceptors (Lipinski definition) is 8. The number of halogens is 4. The zero-order valence-electron chi connectivity index (χ0n) is 17.5. The molecule has 13 heteroatoms. The van der Waals surface area contributed by atoms with Crippen LogP contribution < -0.4 is 5.73 Å². The minimum absolute atomic E-state index is 0.278. The number of sulfone groups is 1. The predicted octanol–water partition coefficient (Wildman–Crippen LogP) is 3.79. The monoisotopic (exact) mass is 504 g/mol. The molecule has 1 aromatic carbocycles. The molecule has 3 heterocycles. The van der Waals surface area contributed by atoms with Gasteiger partial charge in [0, 0.05) is 10.5 Å². The molecule has 0 spiro atoms. The highest BCUT2D eigenvalue weighted by atomic mass is 32.2.